The van der Waals surface area contributed by atoms with E-state index in [1.807, 2.05) is 12.1 Å². The molecular weight excluding hydrogens is 306 g/mol. The van der Waals surface area contributed by atoms with Gasteiger partial charge in [-0.25, -0.2) is 4.79 Å². The minimum atomic E-state index is -0.365. The van der Waals surface area contributed by atoms with Gasteiger partial charge >= 0.3 is 5.69 Å². The van der Waals surface area contributed by atoms with E-state index in [4.69, 9.17) is 4.74 Å². The average Bonchev–Trinajstić information content (AvgIpc) is 2.56. The summed E-state index contributed by atoms with van der Waals surface area (Å²) in [5.74, 6) is 0.963. The first-order valence-corrected chi connectivity index (χ1v) is 8.28. The Hall–Kier alpha value is -2.34. The van der Waals surface area contributed by atoms with Crippen molar-refractivity contribution in [2.24, 2.45) is 0 Å². The van der Waals surface area contributed by atoms with Crippen LogP contribution in [0.4, 0.5) is 0 Å². The summed E-state index contributed by atoms with van der Waals surface area (Å²) in [6.07, 6.45) is 3.59. The third kappa shape index (κ3) is 3.76. The lowest BCUT2D eigenvalue weighted by Crippen LogP contribution is -2.42. The van der Waals surface area contributed by atoms with Crippen molar-refractivity contribution in [3.63, 3.8) is 0 Å². The molecule has 0 aliphatic carbocycles. The number of hydrogen-bond donors (Lipinski definition) is 1. The molecule has 24 heavy (non-hydrogen) atoms. The molecule has 2 aromatic rings. The molecule has 1 aromatic heterocycles. The number of hydrogen-bond acceptors (Lipinski definition) is 4. The van der Waals surface area contributed by atoms with E-state index in [1.165, 1.54) is 21.8 Å². The largest absolute Gasteiger partial charge is 0.490 e. The maximum Gasteiger partial charge on any atom is 0.329 e. The number of nitrogens with one attached hydrogen (secondary N) is 1. The molecule has 1 fully saturated rings. The number of aromatic amines is 1. The van der Waals surface area contributed by atoms with Gasteiger partial charge in [0.1, 0.15) is 11.9 Å². The standard InChI is InChI=1S/C18H23N3O3/c1-13-4-3-5-16(14(13)2)24-15-6-9-20(10-7-15)12-21-11-8-17(22)19-18(21)23/h3-5,8,11,15H,6-7,9-10,12H2,1-2H3,(H,19,22,23). The predicted octanol–water partition coefficient (Wildman–Crippen LogP) is 1.65. The first kappa shape index (κ1) is 16.5. The number of aryl methyl sites for hydroxylation is 1. The van der Waals surface area contributed by atoms with Crippen molar-refractivity contribution >= 4 is 0 Å². The number of rotatable bonds is 4. The summed E-state index contributed by atoms with van der Waals surface area (Å²) in [7, 11) is 0. The van der Waals surface area contributed by atoms with Gasteiger partial charge in [0.15, 0.2) is 0 Å². The second-order valence-electron chi connectivity index (χ2n) is 6.35. The quantitative estimate of drug-likeness (QED) is 0.926. The van der Waals surface area contributed by atoms with Gasteiger partial charge in [-0.15, -0.1) is 0 Å². The molecule has 1 N–H and O–H groups in total. The molecule has 2 heterocycles. The van der Waals surface area contributed by atoms with E-state index in [9.17, 15) is 9.59 Å². The van der Waals surface area contributed by atoms with Crippen LogP contribution in [-0.2, 0) is 6.67 Å². The number of ether oxygens (including phenoxy) is 1. The SMILES string of the molecule is Cc1cccc(OC2CCN(Cn3ccc(=O)[nH]c3=O)CC2)c1C. The minimum absolute atomic E-state index is 0.203. The molecule has 0 radical (unpaired) electrons. The molecule has 3 rings (SSSR count). The Morgan fingerprint density at radius 3 is 2.62 bits per heavy atom. The fourth-order valence-corrected chi connectivity index (χ4v) is 2.97. The smallest absolute Gasteiger partial charge is 0.329 e. The average molecular weight is 329 g/mol. The van der Waals surface area contributed by atoms with E-state index in [0.717, 1.165) is 31.7 Å². The molecule has 0 atom stereocenters. The highest BCUT2D eigenvalue weighted by Crippen LogP contribution is 2.24. The molecule has 6 heteroatoms. The maximum atomic E-state index is 11.7. The normalized spacial score (nSPS) is 16.2. The Morgan fingerprint density at radius 1 is 1.17 bits per heavy atom. The summed E-state index contributed by atoms with van der Waals surface area (Å²) in [5.41, 5.74) is 1.70. The number of benzene rings is 1. The van der Waals surface area contributed by atoms with Crippen LogP contribution in [0.5, 0.6) is 5.75 Å². The highest BCUT2D eigenvalue weighted by molar-refractivity contribution is 5.38. The molecule has 1 aliphatic heterocycles. The number of likely N-dealkylation sites (tertiary alicyclic amines) is 1. The van der Waals surface area contributed by atoms with Crippen LogP contribution in [0, 0.1) is 13.8 Å². The van der Waals surface area contributed by atoms with E-state index in [2.05, 4.69) is 29.8 Å². The van der Waals surface area contributed by atoms with E-state index in [0.29, 0.717) is 6.67 Å². The summed E-state index contributed by atoms with van der Waals surface area (Å²) in [4.78, 5) is 27.3. The molecule has 0 spiro atoms. The van der Waals surface area contributed by atoms with Crippen molar-refractivity contribution < 1.29 is 4.74 Å². The first-order chi connectivity index (χ1) is 11.5. The van der Waals surface area contributed by atoms with Crippen molar-refractivity contribution in [1.29, 1.82) is 0 Å². The molecular formula is C18H23N3O3. The van der Waals surface area contributed by atoms with Gasteiger partial charge in [-0.05, 0) is 43.9 Å². The van der Waals surface area contributed by atoms with Crippen LogP contribution in [0.25, 0.3) is 0 Å². The van der Waals surface area contributed by atoms with Crippen molar-refractivity contribution in [1.82, 2.24) is 14.5 Å². The topological polar surface area (TPSA) is 67.3 Å². The molecule has 0 bridgehead atoms. The highest BCUT2D eigenvalue weighted by atomic mass is 16.5. The van der Waals surface area contributed by atoms with Gasteiger partial charge < -0.3 is 4.74 Å². The lowest BCUT2D eigenvalue weighted by molar-refractivity contribution is 0.0819. The molecule has 1 aromatic carbocycles. The fourth-order valence-electron chi connectivity index (χ4n) is 2.97. The maximum absolute atomic E-state index is 11.7. The van der Waals surface area contributed by atoms with Crippen LogP contribution in [0.2, 0.25) is 0 Å². The van der Waals surface area contributed by atoms with Gasteiger partial charge in [-0.2, -0.15) is 0 Å². The minimum Gasteiger partial charge on any atom is -0.490 e. The van der Waals surface area contributed by atoms with Crippen molar-refractivity contribution in [3.05, 3.63) is 62.4 Å². The fraction of sp³-hybridized carbons (Fsp3) is 0.444. The zero-order valence-electron chi connectivity index (χ0n) is 14.1. The van der Waals surface area contributed by atoms with Crippen LogP contribution < -0.4 is 16.0 Å². The van der Waals surface area contributed by atoms with Gasteiger partial charge in [0.25, 0.3) is 5.56 Å². The third-order valence-corrected chi connectivity index (χ3v) is 4.63. The van der Waals surface area contributed by atoms with E-state index >= 15 is 0 Å². The Kier molecular flexibility index (Phi) is 4.85. The molecule has 0 unspecified atom stereocenters. The molecule has 1 saturated heterocycles. The second kappa shape index (κ2) is 7.05. The van der Waals surface area contributed by atoms with Crippen LogP contribution in [-0.4, -0.2) is 33.6 Å². The Morgan fingerprint density at radius 2 is 1.92 bits per heavy atom. The third-order valence-electron chi connectivity index (χ3n) is 4.63. The van der Waals surface area contributed by atoms with Crippen LogP contribution in [0.15, 0.2) is 40.1 Å². The van der Waals surface area contributed by atoms with Crippen LogP contribution >= 0.6 is 0 Å². The molecule has 0 amide bonds. The molecule has 6 nitrogen and oxygen atoms in total. The number of nitrogens with zero attached hydrogens (tertiary/aromatic N) is 2. The van der Waals surface area contributed by atoms with Gasteiger partial charge in [-0.1, -0.05) is 12.1 Å². The zero-order chi connectivity index (χ0) is 17.1. The summed E-state index contributed by atoms with van der Waals surface area (Å²) in [6.45, 7) is 6.39. The number of H-pyrrole nitrogens is 1. The second-order valence-corrected chi connectivity index (χ2v) is 6.35. The summed E-state index contributed by atoms with van der Waals surface area (Å²) < 4.78 is 7.68. The van der Waals surface area contributed by atoms with Gasteiger partial charge in [0, 0.05) is 25.4 Å². The lowest BCUT2D eigenvalue weighted by Gasteiger charge is -2.32. The Bertz CT molecular complexity index is 817. The lowest BCUT2D eigenvalue weighted by atomic mass is 10.1. The van der Waals surface area contributed by atoms with E-state index < -0.39 is 0 Å². The number of aromatic nitrogens is 2. The van der Waals surface area contributed by atoms with E-state index in [1.54, 1.807) is 6.20 Å². The molecule has 0 saturated carbocycles. The molecule has 1 aliphatic rings. The predicted molar refractivity (Wildman–Crippen MR) is 92.5 cm³/mol. The van der Waals surface area contributed by atoms with Crippen LogP contribution in [0.3, 0.4) is 0 Å². The van der Waals surface area contributed by atoms with Crippen molar-refractivity contribution in [2.45, 2.75) is 39.5 Å². The summed E-state index contributed by atoms with van der Waals surface area (Å²) in [5, 5.41) is 0. The van der Waals surface area contributed by atoms with E-state index in [-0.39, 0.29) is 17.4 Å². The number of piperidine rings is 1. The zero-order valence-corrected chi connectivity index (χ0v) is 14.1. The summed E-state index contributed by atoms with van der Waals surface area (Å²) >= 11 is 0. The Labute approximate surface area is 140 Å². The summed E-state index contributed by atoms with van der Waals surface area (Å²) in [6, 6.07) is 7.51. The highest BCUT2D eigenvalue weighted by Gasteiger charge is 2.21. The Balaban J connectivity index is 1.57. The van der Waals surface area contributed by atoms with Gasteiger partial charge in [0.2, 0.25) is 0 Å². The van der Waals surface area contributed by atoms with Crippen molar-refractivity contribution in [3.8, 4) is 5.75 Å². The van der Waals surface area contributed by atoms with Crippen molar-refractivity contribution in [2.75, 3.05) is 13.1 Å². The first-order valence-electron chi connectivity index (χ1n) is 8.28. The van der Waals surface area contributed by atoms with Gasteiger partial charge in [0.05, 0.1) is 6.67 Å². The molecule has 128 valence electrons. The van der Waals surface area contributed by atoms with Crippen LogP contribution in [0.1, 0.15) is 24.0 Å². The monoisotopic (exact) mass is 329 g/mol. The van der Waals surface area contributed by atoms with Gasteiger partial charge in [-0.3, -0.25) is 19.2 Å².